The van der Waals surface area contributed by atoms with Crippen LogP contribution in [0.2, 0.25) is 0 Å². The molecule has 0 spiro atoms. The van der Waals surface area contributed by atoms with E-state index >= 15 is 0 Å². The van der Waals surface area contributed by atoms with Gasteiger partial charge in [-0.3, -0.25) is 4.79 Å². The Kier molecular flexibility index (Phi) is 6.73. The van der Waals surface area contributed by atoms with Gasteiger partial charge in [0.05, 0.1) is 0 Å². The minimum Gasteiger partial charge on any atom is -0.344 e. The summed E-state index contributed by atoms with van der Waals surface area (Å²) in [6.45, 7) is 5.09. The van der Waals surface area contributed by atoms with Gasteiger partial charge in [-0.1, -0.05) is 19.0 Å². The maximum absolute atomic E-state index is 12.3. The van der Waals surface area contributed by atoms with Crippen molar-refractivity contribution in [3.8, 4) is 0 Å². The molecule has 1 saturated carbocycles. The Balaban J connectivity index is 0.00000192. The first-order valence-electron chi connectivity index (χ1n) is 8.07. The molecule has 2 N–H and O–H groups in total. The molecule has 1 aromatic heterocycles. The monoisotopic (exact) mass is 360 g/mol. The average Bonchev–Trinajstić information content (AvgIpc) is 3.24. The summed E-state index contributed by atoms with van der Waals surface area (Å²) in [4.78, 5) is 16.8. The summed E-state index contributed by atoms with van der Waals surface area (Å²) in [6, 6.07) is 0.0556. The number of thioether (sulfide) groups is 1. The average molecular weight is 361 g/mol. The molecule has 2 atom stereocenters. The molecule has 6 nitrogen and oxygen atoms in total. The Hall–Kier alpha value is -0.790. The van der Waals surface area contributed by atoms with E-state index in [4.69, 9.17) is 4.52 Å². The van der Waals surface area contributed by atoms with E-state index in [0.717, 1.165) is 36.7 Å². The van der Waals surface area contributed by atoms with Crippen molar-refractivity contribution in [3.05, 3.63) is 11.7 Å². The lowest BCUT2D eigenvalue weighted by Crippen LogP contribution is -2.42. The number of nitrogens with one attached hydrogen (secondary N) is 2. The first-order valence-corrected chi connectivity index (χ1v) is 9.23. The molecule has 2 aliphatic rings. The van der Waals surface area contributed by atoms with Crippen LogP contribution in [0.5, 0.6) is 0 Å². The molecule has 0 bridgehead atoms. The van der Waals surface area contributed by atoms with Gasteiger partial charge in [-0.2, -0.15) is 16.7 Å². The zero-order valence-electron chi connectivity index (χ0n) is 13.6. The minimum absolute atomic E-state index is 0. The summed E-state index contributed by atoms with van der Waals surface area (Å²) in [5.41, 5.74) is 0. The van der Waals surface area contributed by atoms with E-state index < -0.39 is 0 Å². The van der Waals surface area contributed by atoms with Gasteiger partial charge in [0.15, 0.2) is 5.82 Å². The van der Waals surface area contributed by atoms with Crippen molar-refractivity contribution in [1.29, 1.82) is 0 Å². The number of hydrogen-bond acceptors (Lipinski definition) is 6. The lowest BCUT2D eigenvalue weighted by atomic mass is 10.0. The minimum atomic E-state index is -0.205. The maximum Gasteiger partial charge on any atom is 0.249 e. The van der Waals surface area contributed by atoms with E-state index in [0.29, 0.717) is 18.2 Å². The topological polar surface area (TPSA) is 80.0 Å². The van der Waals surface area contributed by atoms with Crippen LogP contribution in [0.1, 0.15) is 56.8 Å². The molecule has 8 heteroatoms. The lowest BCUT2D eigenvalue weighted by Gasteiger charge is -2.24. The summed E-state index contributed by atoms with van der Waals surface area (Å²) in [5, 5.41) is 10.5. The largest absolute Gasteiger partial charge is 0.344 e. The van der Waals surface area contributed by atoms with Crippen molar-refractivity contribution >= 4 is 30.1 Å². The normalized spacial score (nSPS) is 22.5. The Morgan fingerprint density at radius 3 is 2.87 bits per heavy atom. The zero-order chi connectivity index (χ0) is 15.5. The SMILES string of the molecule is CC(C)C(NC(=O)CC1CSCCN1)c1nc(C2CC2)no1.Cl. The number of amides is 1. The summed E-state index contributed by atoms with van der Waals surface area (Å²) in [5.74, 6) is 4.17. The van der Waals surface area contributed by atoms with Gasteiger partial charge in [-0.15, -0.1) is 12.4 Å². The van der Waals surface area contributed by atoms with Crippen molar-refractivity contribution < 1.29 is 9.32 Å². The van der Waals surface area contributed by atoms with Gasteiger partial charge in [0.1, 0.15) is 6.04 Å². The van der Waals surface area contributed by atoms with Crippen molar-refractivity contribution in [2.45, 2.75) is 51.1 Å². The fraction of sp³-hybridized carbons (Fsp3) is 0.800. The number of rotatable bonds is 6. The van der Waals surface area contributed by atoms with Crippen LogP contribution in [0.15, 0.2) is 4.52 Å². The second-order valence-corrected chi connectivity index (χ2v) is 7.63. The third-order valence-corrected chi connectivity index (χ3v) is 5.21. The van der Waals surface area contributed by atoms with E-state index in [-0.39, 0.29) is 36.3 Å². The van der Waals surface area contributed by atoms with Gasteiger partial charge in [0.25, 0.3) is 0 Å². The summed E-state index contributed by atoms with van der Waals surface area (Å²) in [6.07, 6.45) is 2.78. The number of carbonyl (C=O) groups is 1. The van der Waals surface area contributed by atoms with E-state index in [1.807, 2.05) is 11.8 Å². The van der Waals surface area contributed by atoms with Gasteiger partial charge in [0.2, 0.25) is 11.8 Å². The molecule has 1 aliphatic heterocycles. The van der Waals surface area contributed by atoms with E-state index in [1.165, 1.54) is 0 Å². The van der Waals surface area contributed by atoms with Crippen molar-refractivity contribution in [1.82, 2.24) is 20.8 Å². The highest BCUT2D eigenvalue weighted by molar-refractivity contribution is 7.99. The quantitative estimate of drug-likeness (QED) is 0.810. The molecule has 0 radical (unpaired) electrons. The Morgan fingerprint density at radius 1 is 1.48 bits per heavy atom. The standard InChI is InChI=1S/C15H24N4O2S.ClH/c1-9(2)13(15-18-14(19-21-15)10-3-4-10)17-12(20)7-11-8-22-6-5-16-11;/h9-11,13,16H,3-8H2,1-2H3,(H,17,20);1H. The smallest absolute Gasteiger partial charge is 0.249 e. The molecule has 2 fully saturated rings. The predicted molar refractivity (Wildman–Crippen MR) is 93.0 cm³/mol. The molecule has 1 amide bonds. The summed E-state index contributed by atoms with van der Waals surface area (Å²) < 4.78 is 5.38. The lowest BCUT2D eigenvalue weighted by molar-refractivity contribution is -0.122. The van der Waals surface area contributed by atoms with Crippen LogP contribution in [0.25, 0.3) is 0 Å². The number of aromatic nitrogens is 2. The first-order chi connectivity index (χ1) is 10.6. The molecule has 2 heterocycles. The zero-order valence-corrected chi connectivity index (χ0v) is 15.2. The Morgan fingerprint density at radius 2 is 2.26 bits per heavy atom. The fourth-order valence-corrected chi connectivity index (χ4v) is 3.55. The molecule has 1 aliphatic carbocycles. The number of halogens is 1. The van der Waals surface area contributed by atoms with Crippen molar-refractivity contribution in [2.24, 2.45) is 5.92 Å². The van der Waals surface area contributed by atoms with Crippen LogP contribution >= 0.6 is 24.2 Å². The van der Waals surface area contributed by atoms with Crippen LogP contribution < -0.4 is 10.6 Å². The van der Waals surface area contributed by atoms with E-state index in [9.17, 15) is 4.79 Å². The van der Waals surface area contributed by atoms with E-state index in [2.05, 4.69) is 34.6 Å². The predicted octanol–water partition coefficient (Wildman–Crippen LogP) is 2.28. The van der Waals surface area contributed by atoms with Gasteiger partial charge >= 0.3 is 0 Å². The van der Waals surface area contributed by atoms with Crippen LogP contribution in [0.4, 0.5) is 0 Å². The van der Waals surface area contributed by atoms with Crippen LogP contribution in [-0.4, -0.2) is 40.1 Å². The van der Waals surface area contributed by atoms with Gasteiger partial charge in [0, 0.05) is 36.4 Å². The summed E-state index contributed by atoms with van der Waals surface area (Å²) >= 11 is 1.90. The third-order valence-electron chi connectivity index (χ3n) is 4.08. The molecular formula is C15H25ClN4O2S. The summed E-state index contributed by atoms with van der Waals surface area (Å²) in [7, 11) is 0. The number of hydrogen-bond donors (Lipinski definition) is 2. The van der Waals surface area contributed by atoms with Gasteiger partial charge < -0.3 is 15.2 Å². The van der Waals surface area contributed by atoms with Crippen molar-refractivity contribution in [3.63, 3.8) is 0 Å². The molecule has 23 heavy (non-hydrogen) atoms. The van der Waals surface area contributed by atoms with Gasteiger partial charge in [-0.25, -0.2) is 0 Å². The second-order valence-electron chi connectivity index (χ2n) is 6.48. The first kappa shape index (κ1) is 18.5. The maximum atomic E-state index is 12.3. The highest BCUT2D eigenvalue weighted by Crippen LogP contribution is 2.38. The Bertz CT molecular complexity index is 515. The highest BCUT2D eigenvalue weighted by Gasteiger charge is 2.31. The molecule has 0 aromatic carbocycles. The van der Waals surface area contributed by atoms with Crippen molar-refractivity contribution in [2.75, 3.05) is 18.1 Å². The molecule has 1 aromatic rings. The molecule has 1 saturated heterocycles. The van der Waals surface area contributed by atoms with Gasteiger partial charge in [-0.05, 0) is 18.8 Å². The highest BCUT2D eigenvalue weighted by atomic mass is 35.5. The number of carbonyl (C=O) groups excluding carboxylic acids is 1. The second kappa shape index (κ2) is 8.35. The Labute approximate surface area is 147 Å². The third kappa shape index (κ3) is 5.09. The van der Waals surface area contributed by atoms with Crippen LogP contribution in [-0.2, 0) is 4.79 Å². The molecule has 3 rings (SSSR count). The van der Waals surface area contributed by atoms with Crippen LogP contribution in [0, 0.1) is 5.92 Å². The molecule has 130 valence electrons. The fourth-order valence-electron chi connectivity index (χ4n) is 2.60. The van der Waals surface area contributed by atoms with E-state index in [1.54, 1.807) is 0 Å². The molecular weight excluding hydrogens is 336 g/mol. The molecule has 2 unspecified atom stereocenters. The van der Waals surface area contributed by atoms with Crippen LogP contribution in [0.3, 0.4) is 0 Å². The number of nitrogens with zero attached hydrogens (tertiary/aromatic N) is 2.